The number of aromatic nitrogens is 2. The van der Waals surface area contributed by atoms with Crippen molar-refractivity contribution in [2.24, 2.45) is 0 Å². The monoisotopic (exact) mass is 244 g/mol. The highest BCUT2D eigenvalue weighted by molar-refractivity contribution is 6.28. The summed E-state index contributed by atoms with van der Waals surface area (Å²) in [6.07, 6.45) is 0. The Morgan fingerprint density at radius 3 is 2.82 bits per heavy atom. The SMILES string of the molecule is Cc1cccc(Nc2cc(C#N)nc(Cl)n2)c1. The van der Waals surface area contributed by atoms with Crippen LogP contribution in [0.4, 0.5) is 11.5 Å². The molecule has 2 aromatic rings. The first-order valence-corrected chi connectivity index (χ1v) is 5.33. The fraction of sp³-hybridized carbons (Fsp3) is 0.0833. The van der Waals surface area contributed by atoms with E-state index in [9.17, 15) is 0 Å². The first-order chi connectivity index (χ1) is 8.17. The molecular weight excluding hydrogens is 236 g/mol. The van der Waals surface area contributed by atoms with E-state index in [0.717, 1.165) is 11.3 Å². The molecule has 0 saturated heterocycles. The van der Waals surface area contributed by atoms with Crippen molar-refractivity contribution < 1.29 is 0 Å². The van der Waals surface area contributed by atoms with Gasteiger partial charge in [0.2, 0.25) is 5.28 Å². The third-order valence-corrected chi connectivity index (χ3v) is 2.27. The molecule has 0 radical (unpaired) electrons. The molecule has 0 bridgehead atoms. The second kappa shape index (κ2) is 4.81. The Balaban J connectivity index is 2.30. The zero-order valence-corrected chi connectivity index (χ0v) is 9.86. The molecule has 0 aliphatic rings. The van der Waals surface area contributed by atoms with Crippen LogP contribution in [0.15, 0.2) is 30.3 Å². The third kappa shape index (κ3) is 2.92. The van der Waals surface area contributed by atoms with E-state index in [1.165, 1.54) is 0 Å². The zero-order chi connectivity index (χ0) is 12.3. The molecule has 4 nitrogen and oxygen atoms in total. The summed E-state index contributed by atoms with van der Waals surface area (Å²) in [7, 11) is 0. The maximum atomic E-state index is 8.77. The van der Waals surface area contributed by atoms with Crippen LogP contribution >= 0.6 is 11.6 Å². The molecule has 0 saturated carbocycles. The Labute approximate surface area is 104 Å². The number of anilines is 2. The van der Waals surface area contributed by atoms with E-state index in [2.05, 4.69) is 15.3 Å². The predicted molar refractivity (Wildman–Crippen MR) is 66.2 cm³/mol. The van der Waals surface area contributed by atoms with Crippen molar-refractivity contribution in [2.75, 3.05) is 5.32 Å². The number of nitrogens with one attached hydrogen (secondary N) is 1. The van der Waals surface area contributed by atoms with Gasteiger partial charge in [0.15, 0.2) is 0 Å². The molecule has 17 heavy (non-hydrogen) atoms. The van der Waals surface area contributed by atoms with E-state index in [-0.39, 0.29) is 11.0 Å². The largest absolute Gasteiger partial charge is 0.340 e. The average molecular weight is 245 g/mol. The van der Waals surface area contributed by atoms with Crippen molar-refractivity contribution in [3.05, 3.63) is 46.9 Å². The maximum Gasteiger partial charge on any atom is 0.225 e. The van der Waals surface area contributed by atoms with E-state index in [0.29, 0.717) is 5.82 Å². The molecule has 0 spiro atoms. The molecular formula is C12H9ClN4. The number of halogens is 1. The zero-order valence-electron chi connectivity index (χ0n) is 9.11. The van der Waals surface area contributed by atoms with Crippen molar-refractivity contribution in [1.29, 1.82) is 5.26 Å². The van der Waals surface area contributed by atoms with E-state index in [4.69, 9.17) is 16.9 Å². The third-order valence-electron chi connectivity index (χ3n) is 2.10. The van der Waals surface area contributed by atoms with Crippen molar-refractivity contribution in [1.82, 2.24) is 9.97 Å². The molecule has 0 aliphatic carbocycles. The quantitative estimate of drug-likeness (QED) is 0.825. The lowest BCUT2D eigenvalue weighted by atomic mass is 10.2. The molecule has 1 heterocycles. The summed E-state index contributed by atoms with van der Waals surface area (Å²) in [6.45, 7) is 2.00. The highest BCUT2D eigenvalue weighted by atomic mass is 35.5. The Bertz CT molecular complexity index is 589. The smallest absolute Gasteiger partial charge is 0.225 e. The fourth-order valence-electron chi connectivity index (χ4n) is 1.41. The van der Waals surface area contributed by atoms with E-state index in [1.54, 1.807) is 6.07 Å². The van der Waals surface area contributed by atoms with E-state index >= 15 is 0 Å². The van der Waals surface area contributed by atoms with Gasteiger partial charge in [-0.2, -0.15) is 5.26 Å². The molecule has 0 amide bonds. The Kier molecular flexibility index (Phi) is 3.22. The summed E-state index contributed by atoms with van der Waals surface area (Å²) in [5, 5.41) is 11.9. The summed E-state index contributed by atoms with van der Waals surface area (Å²) in [4.78, 5) is 7.76. The number of benzene rings is 1. The van der Waals surface area contributed by atoms with Gasteiger partial charge in [-0.3, -0.25) is 0 Å². The molecule has 1 aromatic carbocycles. The van der Waals surface area contributed by atoms with Gasteiger partial charge in [0.1, 0.15) is 17.6 Å². The lowest BCUT2D eigenvalue weighted by Crippen LogP contribution is -1.97. The lowest BCUT2D eigenvalue weighted by Gasteiger charge is -2.06. The van der Waals surface area contributed by atoms with Gasteiger partial charge >= 0.3 is 0 Å². The van der Waals surface area contributed by atoms with Gasteiger partial charge in [-0.25, -0.2) is 9.97 Å². The Morgan fingerprint density at radius 2 is 2.12 bits per heavy atom. The summed E-state index contributed by atoms with van der Waals surface area (Å²) >= 11 is 5.71. The van der Waals surface area contributed by atoms with E-state index < -0.39 is 0 Å². The fourth-order valence-corrected chi connectivity index (χ4v) is 1.59. The number of nitrogens with zero attached hydrogens (tertiary/aromatic N) is 3. The van der Waals surface area contributed by atoms with Gasteiger partial charge in [0.25, 0.3) is 0 Å². The minimum Gasteiger partial charge on any atom is -0.340 e. The van der Waals surface area contributed by atoms with Crippen LogP contribution in [0.3, 0.4) is 0 Å². The molecule has 0 atom stereocenters. The standard InChI is InChI=1S/C12H9ClN4/c1-8-3-2-4-9(5-8)15-11-6-10(7-14)16-12(13)17-11/h2-6H,1H3,(H,15,16,17). The highest BCUT2D eigenvalue weighted by Gasteiger charge is 2.02. The van der Waals surface area contributed by atoms with Crippen LogP contribution in [0.1, 0.15) is 11.3 Å². The number of nitriles is 1. The summed E-state index contributed by atoms with van der Waals surface area (Å²) in [5.41, 5.74) is 2.26. The molecule has 84 valence electrons. The second-order valence-corrected chi connectivity index (χ2v) is 3.85. The normalized spacial score (nSPS) is 9.71. The molecule has 1 aromatic heterocycles. The molecule has 0 unspecified atom stereocenters. The molecule has 0 aliphatic heterocycles. The van der Waals surface area contributed by atoms with Crippen molar-refractivity contribution in [3.8, 4) is 6.07 Å². The topological polar surface area (TPSA) is 61.6 Å². The van der Waals surface area contributed by atoms with Crippen molar-refractivity contribution >= 4 is 23.1 Å². The van der Waals surface area contributed by atoms with Crippen LogP contribution in [-0.2, 0) is 0 Å². The van der Waals surface area contributed by atoms with Crippen LogP contribution in [0.25, 0.3) is 0 Å². The summed E-state index contributed by atoms with van der Waals surface area (Å²) in [6, 6.07) is 11.3. The van der Waals surface area contributed by atoms with Gasteiger partial charge in [-0.1, -0.05) is 12.1 Å². The Hall–Kier alpha value is -2.12. The van der Waals surface area contributed by atoms with Gasteiger partial charge in [0.05, 0.1) is 0 Å². The number of hydrogen-bond acceptors (Lipinski definition) is 4. The first kappa shape index (κ1) is 11.4. The highest BCUT2D eigenvalue weighted by Crippen LogP contribution is 2.17. The first-order valence-electron chi connectivity index (χ1n) is 4.96. The minimum atomic E-state index is 0.0548. The van der Waals surface area contributed by atoms with Crippen LogP contribution in [0.2, 0.25) is 5.28 Å². The van der Waals surface area contributed by atoms with Crippen molar-refractivity contribution in [2.45, 2.75) is 6.92 Å². The molecule has 1 N–H and O–H groups in total. The van der Waals surface area contributed by atoms with Gasteiger partial charge in [0, 0.05) is 11.8 Å². The van der Waals surface area contributed by atoms with Gasteiger partial charge < -0.3 is 5.32 Å². The molecule has 5 heteroatoms. The molecule has 0 fully saturated rings. The summed E-state index contributed by atoms with van der Waals surface area (Å²) < 4.78 is 0. The lowest BCUT2D eigenvalue weighted by molar-refractivity contribution is 1.14. The van der Waals surface area contributed by atoms with Gasteiger partial charge in [-0.15, -0.1) is 0 Å². The maximum absolute atomic E-state index is 8.77. The van der Waals surface area contributed by atoms with Gasteiger partial charge in [-0.05, 0) is 36.2 Å². The van der Waals surface area contributed by atoms with Crippen LogP contribution in [0, 0.1) is 18.3 Å². The number of aryl methyl sites for hydroxylation is 1. The summed E-state index contributed by atoms with van der Waals surface area (Å²) in [5.74, 6) is 0.507. The Morgan fingerprint density at radius 1 is 1.29 bits per heavy atom. The van der Waals surface area contributed by atoms with E-state index in [1.807, 2.05) is 37.3 Å². The van der Waals surface area contributed by atoms with Crippen molar-refractivity contribution in [3.63, 3.8) is 0 Å². The average Bonchev–Trinajstić information content (AvgIpc) is 2.28. The van der Waals surface area contributed by atoms with Crippen LogP contribution in [-0.4, -0.2) is 9.97 Å². The predicted octanol–water partition coefficient (Wildman–Crippen LogP) is 3.05. The molecule has 2 rings (SSSR count). The number of rotatable bonds is 2. The van der Waals surface area contributed by atoms with Crippen LogP contribution < -0.4 is 5.32 Å². The number of hydrogen-bond donors (Lipinski definition) is 1. The second-order valence-electron chi connectivity index (χ2n) is 3.51. The minimum absolute atomic E-state index is 0.0548. The van der Waals surface area contributed by atoms with Crippen LogP contribution in [0.5, 0.6) is 0 Å².